The number of benzene rings is 1. The number of primary amides is 1. The number of nitrogens with two attached hydrogens (primary N) is 2. The Bertz CT molecular complexity index is 1360. The number of carbonyl (C=O) groups is 1. The third-order valence-electron chi connectivity index (χ3n) is 6.21. The predicted molar refractivity (Wildman–Crippen MR) is 135 cm³/mol. The van der Waals surface area contributed by atoms with Crippen LogP contribution in [0.5, 0.6) is 0 Å². The fourth-order valence-corrected chi connectivity index (χ4v) is 5.34. The van der Waals surface area contributed by atoms with Crippen molar-refractivity contribution in [3.63, 3.8) is 0 Å². The van der Waals surface area contributed by atoms with E-state index in [1.807, 2.05) is 37.3 Å². The highest BCUT2D eigenvalue weighted by Gasteiger charge is 2.30. The standard InChI is InChI=1S/C24H26N6O2S/c1-3-14(25)17-18(16-12-13-6-4-5-7-15(13)32-16)19-20(26)21(22(27)31)33-24(19)28-23(17)30-10-8-29(2)9-11-30/h4-7,12,25H,3,8-11,26H2,1-2H3,(H2,27,31). The zero-order chi connectivity index (χ0) is 23.3. The third kappa shape index (κ3) is 3.53. The summed E-state index contributed by atoms with van der Waals surface area (Å²) in [5.41, 5.74) is 15.0. The van der Waals surface area contributed by atoms with Gasteiger partial charge in [0.25, 0.3) is 5.91 Å². The van der Waals surface area contributed by atoms with E-state index < -0.39 is 5.91 Å². The Morgan fingerprint density at radius 2 is 1.97 bits per heavy atom. The van der Waals surface area contributed by atoms with E-state index in [0.29, 0.717) is 44.9 Å². The van der Waals surface area contributed by atoms with Crippen LogP contribution in [0.2, 0.25) is 0 Å². The summed E-state index contributed by atoms with van der Waals surface area (Å²) in [5, 5.41) is 10.5. The van der Waals surface area contributed by atoms with Gasteiger partial charge in [-0.3, -0.25) is 4.79 Å². The number of nitrogens with zero attached hydrogens (tertiary/aromatic N) is 3. The Morgan fingerprint density at radius 3 is 2.64 bits per heavy atom. The molecule has 0 radical (unpaired) electrons. The average Bonchev–Trinajstić information content (AvgIpc) is 3.39. The SMILES string of the molecule is CCC(=N)c1c(N2CCN(C)CC2)nc2sc(C(N)=O)c(N)c2c1-c1cc2ccccc2o1. The number of hydrogen-bond acceptors (Lipinski definition) is 8. The summed E-state index contributed by atoms with van der Waals surface area (Å²) in [4.78, 5) is 22.5. The highest BCUT2D eigenvalue weighted by Crippen LogP contribution is 2.45. The van der Waals surface area contributed by atoms with Gasteiger partial charge < -0.3 is 31.1 Å². The van der Waals surface area contributed by atoms with Crippen LogP contribution in [0.25, 0.3) is 32.5 Å². The van der Waals surface area contributed by atoms with E-state index in [2.05, 4.69) is 16.8 Å². The molecule has 33 heavy (non-hydrogen) atoms. The monoisotopic (exact) mass is 462 g/mol. The second kappa shape index (κ2) is 8.17. The van der Waals surface area contributed by atoms with E-state index in [4.69, 9.17) is 26.3 Å². The van der Waals surface area contributed by atoms with Crippen LogP contribution in [-0.4, -0.2) is 54.7 Å². The summed E-state index contributed by atoms with van der Waals surface area (Å²) in [6.45, 7) is 5.34. The lowest BCUT2D eigenvalue weighted by molar-refractivity contribution is 0.100. The third-order valence-corrected chi connectivity index (χ3v) is 7.33. The van der Waals surface area contributed by atoms with Crippen molar-refractivity contribution in [2.75, 3.05) is 43.9 Å². The molecule has 9 heteroatoms. The lowest BCUT2D eigenvalue weighted by atomic mass is 9.96. The van der Waals surface area contributed by atoms with Crippen molar-refractivity contribution in [3.05, 3.63) is 40.8 Å². The molecule has 1 aliphatic heterocycles. The Morgan fingerprint density at radius 1 is 1.24 bits per heavy atom. The number of para-hydroxylation sites is 1. The molecule has 1 saturated heterocycles. The van der Waals surface area contributed by atoms with E-state index in [1.54, 1.807) is 0 Å². The van der Waals surface area contributed by atoms with Crippen LogP contribution in [0, 0.1) is 5.41 Å². The maximum Gasteiger partial charge on any atom is 0.260 e. The molecular weight excluding hydrogens is 436 g/mol. The van der Waals surface area contributed by atoms with Crippen molar-refractivity contribution in [1.82, 2.24) is 9.88 Å². The first kappa shape index (κ1) is 21.4. The topological polar surface area (TPSA) is 125 Å². The van der Waals surface area contributed by atoms with Crippen molar-refractivity contribution < 1.29 is 9.21 Å². The fraction of sp³-hybridized carbons (Fsp3) is 0.292. The van der Waals surface area contributed by atoms with Gasteiger partial charge in [-0.05, 0) is 25.6 Å². The average molecular weight is 463 g/mol. The molecule has 170 valence electrons. The molecule has 0 spiro atoms. The smallest absolute Gasteiger partial charge is 0.260 e. The maximum atomic E-state index is 12.1. The van der Waals surface area contributed by atoms with E-state index in [-0.39, 0.29) is 4.88 Å². The van der Waals surface area contributed by atoms with Crippen LogP contribution in [0.15, 0.2) is 34.7 Å². The molecule has 0 aliphatic carbocycles. The van der Waals surface area contributed by atoms with E-state index >= 15 is 0 Å². The van der Waals surface area contributed by atoms with Crippen LogP contribution in [0.4, 0.5) is 11.5 Å². The second-order valence-electron chi connectivity index (χ2n) is 8.35. The van der Waals surface area contributed by atoms with Gasteiger partial charge in [-0.2, -0.15) is 0 Å². The molecule has 8 nitrogen and oxygen atoms in total. The number of fused-ring (bicyclic) bond motifs is 2. The fourth-order valence-electron chi connectivity index (χ4n) is 4.38. The molecule has 0 saturated carbocycles. The quantitative estimate of drug-likeness (QED) is 0.386. The number of furan rings is 1. The highest BCUT2D eigenvalue weighted by atomic mass is 32.1. The van der Waals surface area contributed by atoms with Gasteiger partial charge in [-0.15, -0.1) is 11.3 Å². The van der Waals surface area contributed by atoms with Gasteiger partial charge in [0.2, 0.25) is 0 Å². The summed E-state index contributed by atoms with van der Waals surface area (Å²) in [7, 11) is 2.10. The Kier molecular flexibility index (Phi) is 5.30. The van der Waals surface area contributed by atoms with Crippen LogP contribution < -0.4 is 16.4 Å². The number of rotatable bonds is 5. The van der Waals surface area contributed by atoms with Gasteiger partial charge in [-0.25, -0.2) is 4.98 Å². The maximum absolute atomic E-state index is 12.1. The van der Waals surface area contributed by atoms with Crippen molar-refractivity contribution >= 4 is 55.6 Å². The number of aromatic nitrogens is 1. The molecule has 1 aliphatic rings. The lowest BCUT2D eigenvalue weighted by Gasteiger charge is -2.34. The molecular formula is C24H26N6O2S. The van der Waals surface area contributed by atoms with Gasteiger partial charge in [-0.1, -0.05) is 25.1 Å². The van der Waals surface area contributed by atoms with Crippen LogP contribution >= 0.6 is 11.3 Å². The molecule has 5 N–H and O–H groups in total. The van der Waals surface area contributed by atoms with E-state index in [1.165, 1.54) is 11.3 Å². The van der Waals surface area contributed by atoms with Gasteiger partial charge in [0, 0.05) is 53.8 Å². The first-order valence-corrected chi connectivity index (χ1v) is 11.8. The summed E-state index contributed by atoms with van der Waals surface area (Å²) < 4.78 is 6.26. The molecule has 1 aromatic carbocycles. The minimum atomic E-state index is -0.584. The zero-order valence-electron chi connectivity index (χ0n) is 18.6. The minimum Gasteiger partial charge on any atom is -0.456 e. The number of thiophene rings is 1. The Labute approximate surface area is 195 Å². The number of anilines is 2. The highest BCUT2D eigenvalue weighted by molar-refractivity contribution is 7.21. The molecule has 0 bridgehead atoms. The lowest BCUT2D eigenvalue weighted by Crippen LogP contribution is -2.45. The van der Waals surface area contributed by atoms with Gasteiger partial charge in [0.1, 0.15) is 26.9 Å². The number of hydrogen-bond donors (Lipinski definition) is 3. The summed E-state index contributed by atoms with van der Waals surface area (Å²) in [5.74, 6) is 0.752. The number of piperazine rings is 1. The second-order valence-corrected chi connectivity index (χ2v) is 9.34. The summed E-state index contributed by atoms with van der Waals surface area (Å²) >= 11 is 1.19. The first-order chi connectivity index (χ1) is 15.9. The molecule has 5 rings (SSSR count). The molecule has 3 aromatic heterocycles. The molecule has 1 amide bonds. The van der Waals surface area contributed by atoms with Gasteiger partial charge >= 0.3 is 0 Å². The molecule has 4 heterocycles. The largest absolute Gasteiger partial charge is 0.456 e. The molecule has 4 aromatic rings. The number of amides is 1. The number of nitrogens with one attached hydrogen (secondary N) is 1. The minimum absolute atomic E-state index is 0.277. The number of pyridine rings is 1. The van der Waals surface area contributed by atoms with Crippen LogP contribution in [-0.2, 0) is 0 Å². The van der Waals surface area contributed by atoms with Gasteiger partial charge in [0.05, 0.1) is 5.69 Å². The molecule has 0 atom stereocenters. The van der Waals surface area contributed by atoms with Crippen molar-refractivity contribution in [2.45, 2.75) is 13.3 Å². The Balaban J connectivity index is 1.87. The van der Waals surface area contributed by atoms with Gasteiger partial charge in [0.15, 0.2) is 0 Å². The Hall–Kier alpha value is -3.43. The normalized spacial score (nSPS) is 14.9. The van der Waals surface area contributed by atoms with Crippen molar-refractivity contribution in [2.24, 2.45) is 5.73 Å². The first-order valence-electron chi connectivity index (χ1n) is 10.9. The predicted octanol–water partition coefficient (Wildman–Crippen LogP) is 3.92. The number of nitrogen functional groups attached to an aromatic ring is 1. The van der Waals surface area contributed by atoms with Crippen LogP contribution in [0.3, 0.4) is 0 Å². The van der Waals surface area contributed by atoms with Crippen LogP contribution in [0.1, 0.15) is 28.6 Å². The van der Waals surface area contributed by atoms with Crippen molar-refractivity contribution in [3.8, 4) is 11.3 Å². The van der Waals surface area contributed by atoms with E-state index in [0.717, 1.165) is 43.0 Å². The zero-order valence-corrected chi connectivity index (χ0v) is 19.5. The van der Waals surface area contributed by atoms with E-state index in [9.17, 15) is 4.79 Å². The number of likely N-dealkylation sites (N-methyl/N-ethyl adjacent to an activating group) is 1. The van der Waals surface area contributed by atoms with Crippen molar-refractivity contribution in [1.29, 1.82) is 5.41 Å². The number of carbonyl (C=O) groups excluding carboxylic acids is 1. The summed E-state index contributed by atoms with van der Waals surface area (Å²) in [6.07, 6.45) is 0.522. The summed E-state index contributed by atoms with van der Waals surface area (Å²) in [6, 6.07) is 9.74. The molecule has 1 fully saturated rings. The molecule has 0 unspecified atom stereocenters.